The molecule has 0 radical (unpaired) electrons. The Labute approximate surface area is 138 Å². The van der Waals surface area contributed by atoms with E-state index in [1.165, 1.54) is 5.56 Å². The van der Waals surface area contributed by atoms with Crippen LogP contribution in [-0.2, 0) is 13.0 Å². The minimum absolute atomic E-state index is 0.590. The second-order valence-electron chi connectivity index (χ2n) is 4.49. The summed E-state index contributed by atoms with van der Waals surface area (Å²) in [6.45, 7) is 1.37. The van der Waals surface area contributed by atoms with Gasteiger partial charge in [-0.3, -0.25) is 0 Å². The maximum absolute atomic E-state index is 6.15. The molecule has 1 aliphatic heterocycles. The number of benzene rings is 1. The molecular formula is C14H11Br2ClN2O. The quantitative estimate of drug-likeness (QED) is 0.777. The molecule has 0 spiro atoms. The van der Waals surface area contributed by atoms with Crippen LogP contribution in [0.3, 0.4) is 0 Å². The van der Waals surface area contributed by atoms with E-state index in [2.05, 4.69) is 54.3 Å². The van der Waals surface area contributed by atoms with E-state index in [0.29, 0.717) is 17.4 Å². The molecular weight excluding hydrogens is 407 g/mol. The first-order valence-electron chi connectivity index (χ1n) is 6.12. The monoisotopic (exact) mass is 416 g/mol. The Balaban J connectivity index is 1.82. The third-order valence-electron chi connectivity index (χ3n) is 3.08. The molecule has 1 N–H and O–H groups in total. The van der Waals surface area contributed by atoms with Crippen LogP contribution < -0.4 is 10.1 Å². The first-order valence-corrected chi connectivity index (χ1v) is 8.09. The van der Waals surface area contributed by atoms with Gasteiger partial charge in [-0.15, -0.1) is 0 Å². The molecule has 1 aliphatic rings. The van der Waals surface area contributed by atoms with E-state index in [1.807, 2.05) is 6.07 Å². The third kappa shape index (κ3) is 2.95. The van der Waals surface area contributed by atoms with E-state index in [1.54, 1.807) is 6.20 Å². The lowest BCUT2D eigenvalue weighted by molar-refractivity contribution is 0.354. The van der Waals surface area contributed by atoms with Crippen molar-refractivity contribution in [1.82, 2.24) is 4.98 Å². The van der Waals surface area contributed by atoms with E-state index in [-0.39, 0.29) is 0 Å². The van der Waals surface area contributed by atoms with Gasteiger partial charge < -0.3 is 10.1 Å². The summed E-state index contributed by atoms with van der Waals surface area (Å²) in [7, 11) is 0. The molecule has 0 amide bonds. The van der Waals surface area contributed by atoms with Crippen molar-refractivity contribution < 1.29 is 4.74 Å². The fourth-order valence-electron chi connectivity index (χ4n) is 2.20. The molecule has 0 unspecified atom stereocenters. The number of anilines is 1. The third-order valence-corrected chi connectivity index (χ3v) is 4.26. The molecule has 3 rings (SSSR count). The lowest BCUT2D eigenvalue weighted by Gasteiger charge is -2.11. The minimum atomic E-state index is 0.590. The van der Waals surface area contributed by atoms with Gasteiger partial charge in [0.05, 0.1) is 11.6 Å². The van der Waals surface area contributed by atoms with Crippen molar-refractivity contribution in [3.05, 3.63) is 49.5 Å². The normalized spacial score (nSPS) is 12.9. The fourth-order valence-corrected chi connectivity index (χ4v) is 3.45. The second-order valence-corrected chi connectivity index (χ2v) is 6.73. The zero-order chi connectivity index (χ0) is 14.1. The van der Waals surface area contributed by atoms with Crippen LogP contribution in [0.5, 0.6) is 5.75 Å². The molecule has 3 nitrogen and oxygen atoms in total. The molecule has 6 heteroatoms. The van der Waals surface area contributed by atoms with Gasteiger partial charge >= 0.3 is 0 Å². The Hall–Kier alpha value is -0.780. The number of rotatable bonds is 3. The van der Waals surface area contributed by atoms with E-state index in [9.17, 15) is 0 Å². The maximum Gasteiger partial charge on any atom is 0.145 e. The fraction of sp³-hybridized carbons (Fsp3) is 0.214. The van der Waals surface area contributed by atoms with Gasteiger partial charge in [-0.1, -0.05) is 27.5 Å². The summed E-state index contributed by atoms with van der Waals surface area (Å²) in [4.78, 5) is 4.27. The lowest BCUT2D eigenvalue weighted by Crippen LogP contribution is -2.03. The predicted octanol–water partition coefficient (Wildman–Crippen LogP) is 4.81. The largest absolute Gasteiger partial charge is 0.493 e. The Bertz CT molecular complexity index is 664. The van der Waals surface area contributed by atoms with Crippen LogP contribution in [0.2, 0.25) is 5.02 Å². The molecule has 0 saturated carbocycles. The van der Waals surface area contributed by atoms with Crippen LogP contribution in [0.15, 0.2) is 33.3 Å². The summed E-state index contributed by atoms with van der Waals surface area (Å²) >= 11 is 13.0. The average molecular weight is 419 g/mol. The predicted molar refractivity (Wildman–Crippen MR) is 87.6 cm³/mol. The van der Waals surface area contributed by atoms with Gasteiger partial charge in [-0.25, -0.2) is 4.98 Å². The van der Waals surface area contributed by atoms with Crippen molar-refractivity contribution in [1.29, 1.82) is 0 Å². The smallest absolute Gasteiger partial charge is 0.145 e. The molecule has 2 aromatic rings. The number of pyridine rings is 1. The highest BCUT2D eigenvalue weighted by Gasteiger charge is 2.17. The number of ether oxygens (including phenoxy) is 1. The summed E-state index contributed by atoms with van der Waals surface area (Å²) in [6, 6.07) is 5.99. The molecule has 0 atom stereocenters. The summed E-state index contributed by atoms with van der Waals surface area (Å²) in [5, 5.41) is 3.84. The highest BCUT2D eigenvalue weighted by molar-refractivity contribution is 9.10. The number of nitrogens with one attached hydrogen (secondary N) is 1. The standard InChI is InChI=1S/C14H11Br2ClN2O/c15-10-3-8-1-2-20-13(8)9(4-10)6-18-14-12(17)5-11(16)7-19-14/h3-5,7H,1-2,6H2,(H,18,19). The van der Waals surface area contributed by atoms with E-state index >= 15 is 0 Å². The summed E-state index contributed by atoms with van der Waals surface area (Å²) in [5.74, 6) is 1.65. The summed E-state index contributed by atoms with van der Waals surface area (Å²) < 4.78 is 7.62. The second kappa shape index (κ2) is 5.92. The molecule has 0 saturated heterocycles. The van der Waals surface area contributed by atoms with Crippen molar-refractivity contribution >= 4 is 49.3 Å². The van der Waals surface area contributed by atoms with Crippen LogP contribution in [0.1, 0.15) is 11.1 Å². The molecule has 1 aromatic heterocycles. The van der Waals surface area contributed by atoms with Crippen LogP contribution in [0.4, 0.5) is 5.82 Å². The number of fused-ring (bicyclic) bond motifs is 1. The number of halogens is 3. The molecule has 104 valence electrons. The number of nitrogens with zero attached hydrogens (tertiary/aromatic N) is 1. The van der Waals surface area contributed by atoms with Crippen LogP contribution >= 0.6 is 43.5 Å². The van der Waals surface area contributed by atoms with Gasteiger partial charge in [0, 0.05) is 33.7 Å². The molecule has 2 heterocycles. The van der Waals surface area contributed by atoms with Gasteiger partial charge in [-0.2, -0.15) is 0 Å². The van der Waals surface area contributed by atoms with E-state index < -0.39 is 0 Å². The van der Waals surface area contributed by atoms with E-state index in [0.717, 1.165) is 33.3 Å². The van der Waals surface area contributed by atoms with Crippen molar-refractivity contribution in [3.8, 4) is 5.75 Å². The number of aromatic nitrogens is 1. The van der Waals surface area contributed by atoms with E-state index in [4.69, 9.17) is 16.3 Å². The Morgan fingerprint density at radius 2 is 2.10 bits per heavy atom. The SMILES string of the molecule is Clc1cc(Br)cnc1NCc1cc(Br)cc2c1OCC2. The van der Waals surface area contributed by atoms with Crippen LogP contribution in [0, 0.1) is 0 Å². The number of hydrogen-bond acceptors (Lipinski definition) is 3. The lowest BCUT2D eigenvalue weighted by atomic mass is 10.1. The van der Waals surface area contributed by atoms with Crippen molar-refractivity contribution in [2.45, 2.75) is 13.0 Å². The van der Waals surface area contributed by atoms with Gasteiger partial charge in [0.15, 0.2) is 0 Å². The van der Waals surface area contributed by atoms with Gasteiger partial charge in [0.25, 0.3) is 0 Å². The molecule has 0 aliphatic carbocycles. The maximum atomic E-state index is 6.15. The topological polar surface area (TPSA) is 34.2 Å². The molecule has 0 bridgehead atoms. The van der Waals surface area contributed by atoms with Gasteiger partial charge in [0.1, 0.15) is 11.6 Å². The minimum Gasteiger partial charge on any atom is -0.493 e. The highest BCUT2D eigenvalue weighted by Crippen LogP contribution is 2.33. The zero-order valence-corrected chi connectivity index (χ0v) is 14.3. The highest BCUT2D eigenvalue weighted by atomic mass is 79.9. The van der Waals surface area contributed by atoms with Crippen molar-refractivity contribution in [2.24, 2.45) is 0 Å². The van der Waals surface area contributed by atoms with Crippen molar-refractivity contribution in [3.63, 3.8) is 0 Å². The Kier molecular flexibility index (Phi) is 4.19. The van der Waals surface area contributed by atoms with Crippen LogP contribution in [-0.4, -0.2) is 11.6 Å². The summed E-state index contributed by atoms with van der Waals surface area (Å²) in [5.41, 5.74) is 2.35. The summed E-state index contributed by atoms with van der Waals surface area (Å²) in [6.07, 6.45) is 2.68. The van der Waals surface area contributed by atoms with Gasteiger partial charge in [0.2, 0.25) is 0 Å². The molecule has 20 heavy (non-hydrogen) atoms. The number of hydrogen-bond donors (Lipinski definition) is 1. The van der Waals surface area contributed by atoms with Gasteiger partial charge in [-0.05, 0) is 39.7 Å². The average Bonchev–Trinajstić information content (AvgIpc) is 2.85. The van der Waals surface area contributed by atoms with Crippen LogP contribution in [0.25, 0.3) is 0 Å². The first-order chi connectivity index (χ1) is 9.63. The Morgan fingerprint density at radius 1 is 1.25 bits per heavy atom. The van der Waals surface area contributed by atoms with Crippen molar-refractivity contribution in [2.75, 3.05) is 11.9 Å². The Morgan fingerprint density at radius 3 is 2.90 bits per heavy atom. The molecule has 0 fully saturated rings. The molecule has 1 aromatic carbocycles. The first kappa shape index (κ1) is 14.2. The zero-order valence-electron chi connectivity index (χ0n) is 10.4.